The van der Waals surface area contributed by atoms with Gasteiger partial charge in [0.25, 0.3) is 0 Å². The lowest BCUT2D eigenvalue weighted by Gasteiger charge is -2.33. The molecule has 2 aliphatic heterocycles. The Kier molecular flexibility index (Phi) is 4.80. The van der Waals surface area contributed by atoms with Crippen LogP contribution in [0.2, 0.25) is 0 Å². The minimum absolute atomic E-state index is 0.261. The number of aliphatic hydroxyl groups is 1. The maximum atomic E-state index is 12.4. The van der Waals surface area contributed by atoms with E-state index >= 15 is 0 Å². The number of rotatable bonds is 3. The van der Waals surface area contributed by atoms with Gasteiger partial charge in [-0.1, -0.05) is 46.9 Å². The van der Waals surface area contributed by atoms with Crippen LogP contribution in [0.4, 0.5) is 16.4 Å². The van der Waals surface area contributed by atoms with E-state index in [1.165, 1.54) is 16.0 Å². The van der Waals surface area contributed by atoms with Gasteiger partial charge in [-0.15, -0.1) is 5.10 Å². The second-order valence-electron chi connectivity index (χ2n) is 8.03. The molecule has 0 bridgehead atoms. The average Bonchev–Trinajstić information content (AvgIpc) is 3.49. The molecule has 34 heavy (non-hydrogen) atoms. The summed E-state index contributed by atoms with van der Waals surface area (Å²) >= 11 is 1.25. The van der Waals surface area contributed by atoms with E-state index in [-0.39, 0.29) is 11.1 Å². The van der Waals surface area contributed by atoms with E-state index in [0.717, 1.165) is 23.4 Å². The van der Waals surface area contributed by atoms with Crippen molar-refractivity contribution in [1.29, 1.82) is 0 Å². The molecule has 172 valence electrons. The van der Waals surface area contributed by atoms with E-state index in [0.29, 0.717) is 26.8 Å². The van der Waals surface area contributed by atoms with Crippen molar-refractivity contribution in [2.45, 2.75) is 25.9 Å². The molecule has 3 aromatic rings. The molecule has 1 spiro atoms. The maximum absolute atomic E-state index is 12.4. The Morgan fingerprint density at radius 1 is 1.35 bits per heavy atom. The molecule has 6 rings (SSSR count). The summed E-state index contributed by atoms with van der Waals surface area (Å²) in [5.41, 5.74) is 0.896. The Labute approximate surface area is 200 Å². The highest BCUT2D eigenvalue weighted by Gasteiger charge is 2.62. The summed E-state index contributed by atoms with van der Waals surface area (Å²) in [7, 11) is 0.884. The van der Waals surface area contributed by atoms with Crippen molar-refractivity contribution in [3.8, 4) is 16.9 Å². The number of hydrogen-bond acceptors (Lipinski definition) is 8. The number of aromatic nitrogens is 4. The molecular formula is C22H18N6O4S2. The molecule has 0 radical (unpaired) electrons. The van der Waals surface area contributed by atoms with Crippen LogP contribution >= 0.6 is 22.1 Å². The minimum Gasteiger partial charge on any atom is -0.441 e. The third-order valence-electron chi connectivity index (χ3n) is 5.75. The highest BCUT2D eigenvalue weighted by molar-refractivity contribution is 8.27. The van der Waals surface area contributed by atoms with Crippen LogP contribution < -0.4 is 9.50 Å². The van der Waals surface area contributed by atoms with Gasteiger partial charge in [0.05, 0.1) is 16.2 Å². The molecule has 0 saturated heterocycles. The van der Waals surface area contributed by atoms with Gasteiger partial charge in [0.15, 0.2) is 16.5 Å². The first-order valence-electron chi connectivity index (χ1n) is 10.5. The lowest BCUT2D eigenvalue weighted by atomic mass is 10.1. The number of aryl methyl sites for hydroxylation is 1. The number of ether oxygens (including phenoxy) is 1. The largest absolute Gasteiger partial charge is 0.441 e. The molecule has 2 unspecified atom stereocenters. The fourth-order valence-corrected chi connectivity index (χ4v) is 6.52. The zero-order valence-corrected chi connectivity index (χ0v) is 19.7. The number of benzene rings is 1. The van der Waals surface area contributed by atoms with Crippen LogP contribution in [0, 0.1) is 17.3 Å². The number of carbonyl (C=O) groups is 1. The third kappa shape index (κ3) is 3.40. The Bertz CT molecular complexity index is 1460. The highest BCUT2D eigenvalue weighted by Crippen LogP contribution is 2.64. The van der Waals surface area contributed by atoms with E-state index in [4.69, 9.17) is 8.92 Å². The Morgan fingerprint density at radius 3 is 2.91 bits per heavy atom. The monoisotopic (exact) mass is 494 g/mol. The van der Waals surface area contributed by atoms with Crippen LogP contribution in [-0.4, -0.2) is 41.3 Å². The molecule has 10 nitrogen and oxygen atoms in total. The first kappa shape index (κ1) is 21.0. The summed E-state index contributed by atoms with van der Waals surface area (Å²) in [4.78, 5) is 21.5. The summed E-state index contributed by atoms with van der Waals surface area (Å²) in [6.07, 6.45) is 0.750. The van der Waals surface area contributed by atoms with Gasteiger partial charge in [0.2, 0.25) is 10.9 Å². The van der Waals surface area contributed by atoms with Crippen molar-refractivity contribution in [3.05, 3.63) is 46.6 Å². The Balaban J connectivity index is 1.18. The van der Waals surface area contributed by atoms with Crippen molar-refractivity contribution in [2.75, 3.05) is 5.32 Å². The second-order valence-corrected chi connectivity index (χ2v) is 10.5. The standard InChI is InChI=1S/C22H18N6O4S2/c1-12(13-6-4-3-5-7-13)31-21(30)25-17-14(26-27-28(17)2)8-9-15-23-16-18(33-15)32-34-19(24-16)22(10-11-22)20(34)29/h3-7,12,29H,10-11H2,1-2H3,(H,25,30). The van der Waals surface area contributed by atoms with E-state index in [9.17, 15) is 9.90 Å². The Hall–Kier alpha value is -3.53. The van der Waals surface area contributed by atoms with Gasteiger partial charge in [-0.25, -0.2) is 19.5 Å². The summed E-state index contributed by atoms with van der Waals surface area (Å²) in [6.45, 7) is 1.79. The predicted octanol–water partition coefficient (Wildman–Crippen LogP) is 4.07. The molecule has 4 heterocycles. The molecule has 1 fully saturated rings. The molecule has 2 aromatic heterocycles. The van der Waals surface area contributed by atoms with Gasteiger partial charge in [-0.3, -0.25) is 5.32 Å². The van der Waals surface area contributed by atoms with Crippen LogP contribution in [0.1, 0.15) is 42.1 Å². The molecule has 2 atom stereocenters. The van der Waals surface area contributed by atoms with Crippen molar-refractivity contribution in [2.24, 2.45) is 17.5 Å². The Morgan fingerprint density at radius 2 is 2.15 bits per heavy atom. The van der Waals surface area contributed by atoms with Crippen LogP contribution in [-0.2, 0) is 11.8 Å². The number of thiazole rings is 1. The van der Waals surface area contributed by atoms with E-state index in [2.05, 4.69) is 37.4 Å². The second kappa shape index (κ2) is 7.76. The van der Waals surface area contributed by atoms with E-state index in [1.54, 1.807) is 14.0 Å². The van der Waals surface area contributed by atoms with Crippen molar-refractivity contribution in [1.82, 2.24) is 20.0 Å². The number of hydrogen-bond donors (Lipinski definition) is 2. The molecule has 1 aromatic carbocycles. The summed E-state index contributed by atoms with van der Waals surface area (Å²) < 4.78 is 12.8. The van der Waals surface area contributed by atoms with Crippen molar-refractivity contribution >= 4 is 49.9 Å². The quantitative estimate of drug-likeness (QED) is 0.415. The topological polar surface area (TPSA) is 124 Å². The van der Waals surface area contributed by atoms with E-state index in [1.807, 2.05) is 30.3 Å². The number of anilines is 1. The first-order valence-corrected chi connectivity index (χ1v) is 12.4. The summed E-state index contributed by atoms with van der Waals surface area (Å²) in [5.74, 6) is 6.64. The number of fused-ring (bicyclic) bond motifs is 3. The smallest absolute Gasteiger partial charge is 0.413 e. The van der Waals surface area contributed by atoms with Gasteiger partial charge in [0, 0.05) is 7.05 Å². The first-order chi connectivity index (χ1) is 16.4. The lowest BCUT2D eigenvalue weighted by molar-refractivity contribution is 0.121. The molecule has 1 amide bonds. The number of carbonyl (C=O) groups excluding carboxylic acids is 1. The predicted molar refractivity (Wildman–Crippen MR) is 129 cm³/mol. The number of aliphatic imine (C=N–C) groups is 1. The summed E-state index contributed by atoms with van der Waals surface area (Å²) in [5, 5.41) is 23.2. The number of amides is 1. The van der Waals surface area contributed by atoms with Crippen LogP contribution in [0.25, 0.3) is 0 Å². The van der Waals surface area contributed by atoms with Gasteiger partial charge in [0.1, 0.15) is 16.2 Å². The molecule has 1 aliphatic carbocycles. The van der Waals surface area contributed by atoms with Crippen LogP contribution in [0.15, 0.2) is 35.3 Å². The zero-order chi connectivity index (χ0) is 23.4. The maximum Gasteiger partial charge on any atom is 0.413 e. The third-order valence-corrected chi connectivity index (χ3v) is 8.61. The van der Waals surface area contributed by atoms with Crippen LogP contribution in [0.3, 0.4) is 0 Å². The molecular weight excluding hydrogens is 476 g/mol. The fraction of sp³-hybridized carbons (Fsp3) is 0.273. The summed E-state index contributed by atoms with van der Waals surface area (Å²) in [6, 6.07) is 9.44. The van der Waals surface area contributed by atoms with Crippen molar-refractivity contribution in [3.63, 3.8) is 0 Å². The lowest BCUT2D eigenvalue weighted by Crippen LogP contribution is -2.38. The van der Waals surface area contributed by atoms with Gasteiger partial charge in [-0.2, -0.15) is 0 Å². The highest BCUT2D eigenvalue weighted by atomic mass is 32.2. The van der Waals surface area contributed by atoms with Gasteiger partial charge in [-0.05, 0) is 37.2 Å². The van der Waals surface area contributed by atoms with Gasteiger partial charge >= 0.3 is 6.09 Å². The molecule has 2 N–H and O–H groups in total. The van der Waals surface area contributed by atoms with E-state index < -0.39 is 23.0 Å². The van der Waals surface area contributed by atoms with Gasteiger partial charge < -0.3 is 14.0 Å². The number of nitrogens with zero attached hydrogens (tertiary/aromatic N) is 5. The minimum atomic E-state index is -0.763. The molecule has 1 saturated carbocycles. The molecule has 3 aliphatic rings. The fourth-order valence-electron chi connectivity index (χ4n) is 3.69. The normalized spacial score (nSPS) is 19.4. The number of nitrogens with one attached hydrogen (secondary N) is 1. The zero-order valence-electron chi connectivity index (χ0n) is 18.1. The SMILES string of the molecule is CC(OC(=O)Nc1c(C#Cc2nc3c(s2)OS2=C(O)C4(CC4)C2=N3)nnn1C)c1ccccc1. The van der Waals surface area contributed by atoms with Crippen molar-refractivity contribution < 1.29 is 18.8 Å². The average molecular weight is 495 g/mol. The molecule has 12 heteroatoms. The van der Waals surface area contributed by atoms with Crippen LogP contribution in [0.5, 0.6) is 5.06 Å². The number of aliphatic hydroxyl groups excluding tert-OH is 1.